The molecule has 0 aromatic heterocycles. The Morgan fingerprint density at radius 1 is 1.53 bits per heavy atom. The predicted molar refractivity (Wildman–Crippen MR) is 69.1 cm³/mol. The number of hydrogen-bond donors (Lipinski definition) is 2. The summed E-state index contributed by atoms with van der Waals surface area (Å²) in [7, 11) is 0. The van der Waals surface area contributed by atoms with Crippen LogP contribution in [0.1, 0.15) is 46.0 Å². The van der Waals surface area contributed by atoms with Crippen molar-refractivity contribution in [1.82, 2.24) is 4.90 Å². The lowest BCUT2D eigenvalue weighted by Gasteiger charge is -2.31. The van der Waals surface area contributed by atoms with Crippen LogP contribution >= 0.6 is 0 Å². The molecular formula is C13H25N3O. The number of nitrogens with two attached hydrogens (primary N) is 1. The van der Waals surface area contributed by atoms with E-state index in [4.69, 9.17) is 10.9 Å². The quantitative estimate of drug-likeness (QED) is 0.334. The molecule has 4 nitrogen and oxygen atoms in total. The number of amidine groups is 1. The molecule has 0 amide bonds. The first-order chi connectivity index (χ1) is 8.06. The highest BCUT2D eigenvalue weighted by molar-refractivity contribution is 5.80. The Hall–Kier alpha value is -0.770. The maximum Gasteiger partial charge on any atom is 0.139 e. The molecule has 2 aliphatic rings. The van der Waals surface area contributed by atoms with E-state index >= 15 is 0 Å². The maximum absolute atomic E-state index is 8.68. The summed E-state index contributed by atoms with van der Waals surface area (Å²) in [5, 5.41) is 11.8. The van der Waals surface area contributed by atoms with Gasteiger partial charge in [-0.1, -0.05) is 19.0 Å². The Kier molecular flexibility index (Phi) is 3.61. The van der Waals surface area contributed by atoms with Crippen molar-refractivity contribution in [2.24, 2.45) is 22.2 Å². The minimum Gasteiger partial charge on any atom is -0.409 e. The Labute approximate surface area is 104 Å². The second-order valence-electron chi connectivity index (χ2n) is 6.19. The number of nitrogens with zero attached hydrogens (tertiary/aromatic N) is 2. The van der Waals surface area contributed by atoms with Gasteiger partial charge in [0.15, 0.2) is 0 Å². The lowest BCUT2D eigenvalue weighted by Crippen LogP contribution is -2.38. The summed E-state index contributed by atoms with van der Waals surface area (Å²) < 4.78 is 0. The van der Waals surface area contributed by atoms with Crippen LogP contribution in [0.4, 0.5) is 0 Å². The summed E-state index contributed by atoms with van der Waals surface area (Å²) in [5.41, 5.74) is 5.96. The van der Waals surface area contributed by atoms with Crippen LogP contribution in [0.2, 0.25) is 0 Å². The van der Waals surface area contributed by atoms with Gasteiger partial charge in [-0.3, -0.25) is 4.90 Å². The third-order valence-corrected chi connectivity index (χ3v) is 4.36. The zero-order chi connectivity index (χ0) is 12.5. The van der Waals surface area contributed by atoms with Gasteiger partial charge in [0.1, 0.15) is 5.84 Å². The van der Waals surface area contributed by atoms with E-state index in [1.54, 1.807) is 0 Å². The highest BCUT2D eigenvalue weighted by Gasteiger charge is 2.46. The van der Waals surface area contributed by atoms with Gasteiger partial charge in [-0.2, -0.15) is 0 Å². The van der Waals surface area contributed by atoms with Crippen LogP contribution in [0.15, 0.2) is 5.16 Å². The second kappa shape index (κ2) is 4.84. The first-order valence-corrected chi connectivity index (χ1v) is 6.77. The molecule has 1 aliphatic carbocycles. The van der Waals surface area contributed by atoms with E-state index in [0.717, 1.165) is 24.9 Å². The van der Waals surface area contributed by atoms with Crippen molar-refractivity contribution in [3.05, 3.63) is 0 Å². The smallest absolute Gasteiger partial charge is 0.139 e. The van der Waals surface area contributed by atoms with Gasteiger partial charge in [0.25, 0.3) is 0 Å². The Bertz CT molecular complexity index is 297. The topological polar surface area (TPSA) is 61.8 Å². The lowest BCUT2D eigenvalue weighted by atomic mass is 9.97. The lowest BCUT2D eigenvalue weighted by molar-refractivity contribution is 0.170. The summed E-state index contributed by atoms with van der Waals surface area (Å²) >= 11 is 0. The SMILES string of the molecule is CC(C)C1CCCN1CC1(CC(N)=NO)CC1. The van der Waals surface area contributed by atoms with Crippen molar-refractivity contribution >= 4 is 5.84 Å². The molecular weight excluding hydrogens is 214 g/mol. The second-order valence-corrected chi connectivity index (χ2v) is 6.19. The maximum atomic E-state index is 8.68. The van der Waals surface area contributed by atoms with E-state index in [-0.39, 0.29) is 0 Å². The third-order valence-electron chi connectivity index (χ3n) is 4.36. The average molecular weight is 239 g/mol. The van der Waals surface area contributed by atoms with E-state index in [9.17, 15) is 0 Å². The normalized spacial score (nSPS) is 28.9. The molecule has 0 radical (unpaired) electrons. The van der Waals surface area contributed by atoms with Crippen molar-refractivity contribution in [3.63, 3.8) is 0 Å². The molecule has 98 valence electrons. The fourth-order valence-corrected chi connectivity index (χ4v) is 3.22. The van der Waals surface area contributed by atoms with Crippen molar-refractivity contribution in [2.75, 3.05) is 13.1 Å². The molecule has 4 heteroatoms. The molecule has 0 bridgehead atoms. The molecule has 2 rings (SSSR count). The summed E-state index contributed by atoms with van der Waals surface area (Å²) in [5.74, 6) is 1.12. The standard InChI is InChI=1S/C13H25N3O/c1-10(2)11-4-3-7-16(11)9-13(5-6-13)8-12(14)15-17/h10-11,17H,3-9H2,1-2H3,(H2,14,15). The summed E-state index contributed by atoms with van der Waals surface area (Å²) in [4.78, 5) is 2.63. The molecule has 0 aromatic rings. The van der Waals surface area contributed by atoms with Crippen LogP contribution in [0.25, 0.3) is 0 Å². The van der Waals surface area contributed by atoms with Crippen LogP contribution in [0.5, 0.6) is 0 Å². The minimum absolute atomic E-state index is 0.313. The minimum atomic E-state index is 0.313. The Balaban J connectivity index is 1.92. The van der Waals surface area contributed by atoms with Gasteiger partial charge in [0.05, 0.1) is 0 Å². The molecule has 2 fully saturated rings. The number of oxime groups is 1. The van der Waals surface area contributed by atoms with Crippen LogP contribution in [-0.2, 0) is 0 Å². The van der Waals surface area contributed by atoms with Crippen molar-refractivity contribution in [1.29, 1.82) is 0 Å². The molecule has 1 unspecified atom stereocenters. The predicted octanol–water partition coefficient (Wildman–Crippen LogP) is 2.02. The molecule has 0 aromatic carbocycles. The van der Waals surface area contributed by atoms with E-state index in [1.807, 2.05) is 0 Å². The van der Waals surface area contributed by atoms with Crippen molar-refractivity contribution in [3.8, 4) is 0 Å². The number of hydrogen-bond acceptors (Lipinski definition) is 3. The van der Waals surface area contributed by atoms with Gasteiger partial charge in [0, 0.05) is 19.0 Å². The van der Waals surface area contributed by atoms with Gasteiger partial charge in [-0.25, -0.2) is 0 Å². The Morgan fingerprint density at radius 3 is 2.76 bits per heavy atom. The van der Waals surface area contributed by atoms with Gasteiger partial charge >= 0.3 is 0 Å². The highest BCUT2D eigenvalue weighted by Crippen LogP contribution is 2.50. The number of rotatable bonds is 5. The van der Waals surface area contributed by atoms with Gasteiger partial charge in [0.2, 0.25) is 0 Å². The molecule has 1 heterocycles. The molecule has 1 atom stereocenters. The van der Waals surface area contributed by atoms with Crippen LogP contribution in [-0.4, -0.2) is 35.1 Å². The first-order valence-electron chi connectivity index (χ1n) is 6.77. The summed E-state index contributed by atoms with van der Waals surface area (Å²) in [6.45, 7) is 6.98. The summed E-state index contributed by atoms with van der Waals surface area (Å²) in [6, 6.07) is 0.736. The van der Waals surface area contributed by atoms with Crippen LogP contribution in [0.3, 0.4) is 0 Å². The zero-order valence-electron chi connectivity index (χ0n) is 11.0. The van der Waals surface area contributed by atoms with E-state index in [0.29, 0.717) is 11.3 Å². The van der Waals surface area contributed by atoms with E-state index in [2.05, 4.69) is 23.9 Å². The first kappa shape index (κ1) is 12.7. The molecule has 1 saturated heterocycles. The van der Waals surface area contributed by atoms with E-state index < -0.39 is 0 Å². The largest absolute Gasteiger partial charge is 0.409 e. The fourth-order valence-electron chi connectivity index (χ4n) is 3.22. The molecule has 17 heavy (non-hydrogen) atoms. The van der Waals surface area contributed by atoms with E-state index in [1.165, 1.54) is 32.2 Å². The third kappa shape index (κ3) is 2.92. The highest BCUT2D eigenvalue weighted by atomic mass is 16.4. The molecule has 0 spiro atoms. The average Bonchev–Trinajstić information content (AvgIpc) is 2.86. The molecule has 1 saturated carbocycles. The van der Waals surface area contributed by atoms with Crippen molar-refractivity contribution in [2.45, 2.75) is 52.0 Å². The van der Waals surface area contributed by atoms with Gasteiger partial charge < -0.3 is 10.9 Å². The molecule has 1 aliphatic heterocycles. The van der Waals surface area contributed by atoms with Crippen LogP contribution < -0.4 is 5.73 Å². The monoisotopic (exact) mass is 239 g/mol. The number of likely N-dealkylation sites (tertiary alicyclic amines) is 1. The molecule has 3 N–H and O–H groups in total. The Morgan fingerprint density at radius 2 is 2.24 bits per heavy atom. The fraction of sp³-hybridized carbons (Fsp3) is 0.923. The zero-order valence-corrected chi connectivity index (χ0v) is 11.0. The van der Waals surface area contributed by atoms with Gasteiger partial charge in [-0.15, -0.1) is 0 Å². The summed E-state index contributed by atoms with van der Waals surface area (Å²) in [6.07, 6.45) is 5.86. The van der Waals surface area contributed by atoms with Gasteiger partial charge in [-0.05, 0) is 43.6 Å². The van der Waals surface area contributed by atoms with Crippen molar-refractivity contribution < 1.29 is 5.21 Å². The van der Waals surface area contributed by atoms with Crippen LogP contribution in [0, 0.1) is 11.3 Å².